The second kappa shape index (κ2) is 6.70. The minimum absolute atomic E-state index is 0. The van der Waals surface area contributed by atoms with E-state index in [0.29, 0.717) is 0 Å². The molecule has 0 unspecified atom stereocenters. The van der Waals surface area contributed by atoms with Gasteiger partial charge in [-0.05, 0) is 48.5 Å². The molecular formula is C12H15ClN4O. The number of anilines is 2. The molecule has 0 aliphatic heterocycles. The van der Waals surface area contributed by atoms with E-state index in [2.05, 4.69) is 10.9 Å². The maximum Gasteiger partial charge on any atom is 0.127 e. The van der Waals surface area contributed by atoms with Gasteiger partial charge in [0, 0.05) is 11.4 Å². The number of halogens is 1. The Kier molecular flexibility index (Phi) is 5.26. The molecule has 0 radical (unpaired) electrons. The molecule has 5 nitrogen and oxygen atoms in total. The van der Waals surface area contributed by atoms with Gasteiger partial charge in [-0.3, -0.25) is 11.7 Å². The number of benzene rings is 2. The van der Waals surface area contributed by atoms with Gasteiger partial charge in [-0.1, -0.05) is 0 Å². The van der Waals surface area contributed by atoms with Gasteiger partial charge in [0.15, 0.2) is 0 Å². The van der Waals surface area contributed by atoms with Gasteiger partial charge in [-0.15, -0.1) is 12.4 Å². The highest BCUT2D eigenvalue weighted by Gasteiger charge is 1.97. The summed E-state index contributed by atoms with van der Waals surface area (Å²) < 4.78 is 5.64. The van der Waals surface area contributed by atoms with Gasteiger partial charge in [0.2, 0.25) is 0 Å². The van der Waals surface area contributed by atoms with Crippen molar-refractivity contribution in [1.82, 2.24) is 0 Å². The van der Waals surface area contributed by atoms with E-state index in [9.17, 15) is 0 Å². The Morgan fingerprint density at radius 3 is 1.28 bits per heavy atom. The summed E-state index contributed by atoms with van der Waals surface area (Å²) in [4.78, 5) is 0. The lowest BCUT2D eigenvalue weighted by Gasteiger charge is -2.07. The molecule has 2 rings (SSSR count). The van der Waals surface area contributed by atoms with Crippen LogP contribution < -0.4 is 27.3 Å². The molecule has 2 aromatic carbocycles. The summed E-state index contributed by atoms with van der Waals surface area (Å²) >= 11 is 0. The minimum Gasteiger partial charge on any atom is -0.457 e. The molecule has 0 aliphatic rings. The molecule has 0 saturated carbocycles. The predicted molar refractivity (Wildman–Crippen MR) is 75.8 cm³/mol. The Labute approximate surface area is 111 Å². The number of ether oxygens (including phenoxy) is 1. The molecule has 96 valence electrons. The molecular weight excluding hydrogens is 252 g/mol. The zero-order valence-electron chi connectivity index (χ0n) is 9.59. The van der Waals surface area contributed by atoms with Crippen LogP contribution in [0.2, 0.25) is 0 Å². The van der Waals surface area contributed by atoms with Crippen LogP contribution in [0.3, 0.4) is 0 Å². The van der Waals surface area contributed by atoms with Crippen LogP contribution in [0.1, 0.15) is 0 Å². The van der Waals surface area contributed by atoms with Crippen molar-refractivity contribution < 1.29 is 4.74 Å². The molecule has 6 N–H and O–H groups in total. The van der Waals surface area contributed by atoms with Gasteiger partial charge in [0.25, 0.3) is 0 Å². The number of rotatable bonds is 4. The number of hydrogen-bond acceptors (Lipinski definition) is 5. The summed E-state index contributed by atoms with van der Waals surface area (Å²) in [6.45, 7) is 0. The maximum atomic E-state index is 5.64. The van der Waals surface area contributed by atoms with Crippen LogP contribution >= 0.6 is 12.4 Å². The van der Waals surface area contributed by atoms with E-state index in [4.69, 9.17) is 16.4 Å². The second-order valence-corrected chi connectivity index (χ2v) is 3.44. The first kappa shape index (κ1) is 14.1. The van der Waals surface area contributed by atoms with Crippen molar-refractivity contribution in [3.05, 3.63) is 48.5 Å². The van der Waals surface area contributed by atoms with Crippen LogP contribution in [0.5, 0.6) is 11.5 Å². The van der Waals surface area contributed by atoms with Crippen LogP contribution in [-0.2, 0) is 0 Å². The summed E-state index contributed by atoms with van der Waals surface area (Å²) in [6, 6.07) is 14.7. The van der Waals surface area contributed by atoms with Crippen LogP contribution in [0, 0.1) is 0 Å². The third-order valence-electron chi connectivity index (χ3n) is 2.28. The number of nitrogen functional groups attached to an aromatic ring is 2. The number of nitrogens with two attached hydrogens (primary N) is 2. The normalized spacial score (nSPS) is 9.22. The molecule has 0 fully saturated rings. The Morgan fingerprint density at radius 2 is 1.00 bits per heavy atom. The van der Waals surface area contributed by atoms with Crippen LogP contribution in [0.25, 0.3) is 0 Å². The quantitative estimate of drug-likeness (QED) is 0.505. The third-order valence-corrected chi connectivity index (χ3v) is 2.28. The zero-order chi connectivity index (χ0) is 12.1. The molecule has 18 heavy (non-hydrogen) atoms. The van der Waals surface area contributed by atoms with Gasteiger partial charge < -0.3 is 15.6 Å². The largest absolute Gasteiger partial charge is 0.457 e. The lowest BCUT2D eigenvalue weighted by Crippen LogP contribution is -2.06. The summed E-state index contributed by atoms with van der Waals surface area (Å²) in [5.41, 5.74) is 6.78. The smallest absolute Gasteiger partial charge is 0.127 e. The molecule has 2 aromatic rings. The number of hydrazine groups is 2. The van der Waals surface area contributed by atoms with Crippen molar-refractivity contribution in [1.29, 1.82) is 0 Å². The Morgan fingerprint density at radius 1 is 0.667 bits per heavy atom. The fourth-order valence-electron chi connectivity index (χ4n) is 1.37. The topological polar surface area (TPSA) is 85.3 Å². The summed E-state index contributed by atoms with van der Waals surface area (Å²) in [6.07, 6.45) is 0. The summed E-state index contributed by atoms with van der Waals surface area (Å²) in [7, 11) is 0. The first-order valence-corrected chi connectivity index (χ1v) is 5.13. The monoisotopic (exact) mass is 266 g/mol. The van der Waals surface area contributed by atoms with E-state index in [1.807, 2.05) is 48.5 Å². The predicted octanol–water partition coefficient (Wildman–Crippen LogP) is 2.47. The van der Waals surface area contributed by atoms with E-state index in [0.717, 1.165) is 22.9 Å². The SMILES string of the molecule is Cl.NNc1ccc(Oc2ccc(NN)cc2)cc1. The first-order valence-electron chi connectivity index (χ1n) is 5.13. The van der Waals surface area contributed by atoms with Gasteiger partial charge in [0.1, 0.15) is 11.5 Å². The van der Waals surface area contributed by atoms with Crippen molar-refractivity contribution in [2.75, 3.05) is 10.9 Å². The molecule has 0 aliphatic carbocycles. The standard InChI is InChI=1S/C12H14N4O.ClH/c13-15-9-1-5-11(6-2-9)17-12-7-3-10(16-14)4-8-12;/h1-8,15-16H,13-14H2;1H. The zero-order valence-corrected chi connectivity index (χ0v) is 10.4. The molecule has 0 atom stereocenters. The van der Waals surface area contributed by atoms with Crippen molar-refractivity contribution >= 4 is 23.8 Å². The van der Waals surface area contributed by atoms with Crippen LogP contribution in [-0.4, -0.2) is 0 Å². The molecule has 0 bridgehead atoms. The highest BCUT2D eigenvalue weighted by molar-refractivity contribution is 5.85. The lowest BCUT2D eigenvalue weighted by atomic mass is 10.3. The average Bonchev–Trinajstić information content (AvgIpc) is 2.40. The van der Waals surface area contributed by atoms with E-state index in [1.165, 1.54) is 0 Å². The molecule has 0 saturated heterocycles. The van der Waals surface area contributed by atoms with Gasteiger partial charge in [-0.25, -0.2) is 0 Å². The molecule has 0 amide bonds. The fourth-order valence-corrected chi connectivity index (χ4v) is 1.37. The van der Waals surface area contributed by atoms with Crippen molar-refractivity contribution in [2.24, 2.45) is 11.7 Å². The number of hydrogen-bond donors (Lipinski definition) is 4. The number of nitrogens with one attached hydrogen (secondary N) is 2. The van der Waals surface area contributed by atoms with Crippen molar-refractivity contribution in [2.45, 2.75) is 0 Å². The maximum absolute atomic E-state index is 5.64. The van der Waals surface area contributed by atoms with E-state index < -0.39 is 0 Å². The van der Waals surface area contributed by atoms with Crippen molar-refractivity contribution in [3.8, 4) is 11.5 Å². The second-order valence-electron chi connectivity index (χ2n) is 3.44. The molecule has 0 aromatic heterocycles. The minimum atomic E-state index is 0. The van der Waals surface area contributed by atoms with Gasteiger partial charge in [-0.2, -0.15) is 0 Å². The molecule has 0 spiro atoms. The lowest BCUT2D eigenvalue weighted by molar-refractivity contribution is 0.483. The van der Waals surface area contributed by atoms with Gasteiger partial charge >= 0.3 is 0 Å². The van der Waals surface area contributed by atoms with E-state index >= 15 is 0 Å². The first-order chi connectivity index (χ1) is 8.31. The Balaban J connectivity index is 0.00000162. The highest BCUT2D eigenvalue weighted by atomic mass is 35.5. The fraction of sp³-hybridized carbons (Fsp3) is 0. The van der Waals surface area contributed by atoms with Gasteiger partial charge in [0.05, 0.1) is 0 Å². The van der Waals surface area contributed by atoms with Crippen LogP contribution in [0.15, 0.2) is 48.5 Å². The summed E-state index contributed by atoms with van der Waals surface area (Å²) in [5.74, 6) is 12.0. The van der Waals surface area contributed by atoms with Crippen LogP contribution in [0.4, 0.5) is 11.4 Å². The Bertz CT molecular complexity index is 427. The third kappa shape index (κ3) is 3.53. The van der Waals surface area contributed by atoms with E-state index in [1.54, 1.807) is 0 Å². The summed E-state index contributed by atoms with van der Waals surface area (Å²) in [5, 5.41) is 0. The average molecular weight is 267 g/mol. The Hall–Kier alpha value is -1.95. The molecule has 0 heterocycles. The van der Waals surface area contributed by atoms with Crippen molar-refractivity contribution in [3.63, 3.8) is 0 Å². The highest BCUT2D eigenvalue weighted by Crippen LogP contribution is 2.23. The molecule has 6 heteroatoms. The van der Waals surface area contributed by atoms with E-state index in [-0.39, 0.29) is 12.4 Å².